The number of nitrogens with zero attached hydrogens (tertiary/aromatic N) is 1. The van der Waals surface area contributed by atoms with E-state index in [0.717, 1.165) is 17.9 Å². The Morgan fingerprint density at radius 1 is 1.41 bits per heavy atom. The molecule has 0 N–H and O–H groups in total. The summed E-state index contributed by atoms with van der Waals surface area (Å²) in [4.78, 5) is 2.19. The third kappa shape index (κ3) is 1.69. The summed E-state index contributed by atoms with van der Waals surface area (Å²) in [5.74, 6) is 1.11. The summed E-state index contributed by atoms with van der Waals surface area (Å²) in [6.45, 7) is 0.625. The number of rotatable bonds is 2. The van der Waals surface area contributed by atoms with E-state index in [1.165, 1.54) is 0 Å². The maximum absolute atomic E-state index is 11.7. The van der Waals surface area contributed by atoms with Gasteiger partial charge in [0.25, 0.3) is 0 Å². The van der Waals surface area contributed by atoms with Crippen LogP contribution in [0.4, 0.5) is 5.69 Å². The van der Waals surface area contributed by atoms with Crippen molar-refractivity contribution in [2.24, 2.45) is 0 Å². The molecule has 2 fully saturated rings. The molecule has 2 heterocycles. The lowest BCUT2D eigenvalue weighted by molar-refractivity contribution is 0.414. The zero-order valence-electron chi connectivity index (χ0n) is 9.67. The molecule has 0 radical (unpaired) electrons. The molecule has 2 saturated heterocycles. The van der Waals surface area contributed by atoms with Gasteiger partial charge < -0.3 is 9.64 Å². The zero-order chi connectivity index (χ0) is 12.0. The second kappa shape index (κ2) is 3.63. The van der Waals surface area contributed by atoms with Crippen LogP contribution in [0.25, 0.3) is 0 Å². The average molecular weight is 253 g/mol. The van der Waals surface area contributed by atoms with Crippen molar-refractivity contribution >= 4 is 15.5 Å². The lowest BCUT2D eigenvalue weighted by Crippen LogP contribution is -2.40. The molecule has 0 aromatic heterocycles. The number of sulfone groups is 1. The van der Waals surface area contributed by atoms with Gasteiger partial charge in [0.15, 0.2) is 9.84 Å². The summed E-state index contributed by atoms with van der Waals surface area (Å²) in [6.07, 6.45) is 0.777. The molecule has 2 atom stereocenters. The van der Waals surface area contributed by atoms with Gasteiger partial charge in [0.2, 0.25) is 0 Å². The first-order chi connectivity index (χ1) is 8.10. The Hall–Kier alpha value is -1.23. The molecular weight excluding hydrogens is 238 g/mol. The third-order valence-electron chi connectivity index (χ3n) is 3.69. The van der Waals surface area contributed by atoms with Crippen LogP contribution in [0.15, 0.2) is 24.3 Å². The molecule has 2 bridgehead atoms. The summed E-state index contributed by atoms with van der Waals surface area (Å²) in [5.41, 5.74) is 1.06. The molecule has 2 unspecified atom stereocenters. The Kier molecular flexibility index (Phi) is 2.33. The van der Waals surface area contributed by atoms with E-state index in [4.69, 9.17) is 4.74 Å². The first-order valence-electron chi connectivity index (χ1n) is 5.72. The molecule has 17 heavy (non-hydrogen) atoms. The van der Waals surface area contributed by atoms with Crippen LogP contribution in [0, 0.1) is 0 Å². The van der Waals surface area contributed by atoms with Crippen molar-refractivity contribution in [3.05, 3.63) is 24.3 Å². The zero-order valence-corrected chi connectivity index (χ0v) is 10.5. The normalized spacial score (nSPS) is 29.6. The topological polar surface area (TPSA) is 46.6 Å². The van der Waals surface area contributed by atoms with Crippen molar-refractivity contribution in [1.29, 1.82) is 0 Å². The first-order valence-corrected chi connectivity index (χ1v) is 7.44. The summed E-state index contributed by atoms with van der Waals surface area (Å²) < 4.78 is 28.5. The molecule has 0 saturated carbocycles. The van der Waals surface area contributed by atoms with Crippen molar-refractivity contribution < 1.29 is 13.2 Å². The van der Waals surface area contributed by atoms with Gasteiger partial charge in [-0.1, -0.05) is 6.07 Å². The Morgan fingerprint density at radius 3 is 2.82 bits per heavy atom. The first kappa shape index (κ1) is 10.9. The largest absolute Gasteiger partial charge is 0.497 e. The second-order valence-corrected chi connectivity index (χ2v) is 7.02. The number of methoxy groups -OCH3 is 1. The van der Waals surface area contributed by atoms with Crippen LogP contribution in [0.5, 0.6) is 5.75 Å². The van der Waals surface area contributed by atoms with Crippen molar-refractivity contribution in [1.82, 2.24) is 0 Å². The van der Waals surface area contributed by atoms with Gasteiger partial charge in [-0.3, -0.25) is 0 Å². The van der Waals surface area contributed by atoms with Crippen molar-refractivity contribution in [3.8, 4) is 5.75 Å². The lowest BCUT2D eigenvalue weighted by atomic mass is 10.2. The highest BCUT2D eigenvalue weighted by Gasteiger charge is 2.48. The van der Waals surface area contributed by atoms with Gasteiger partial charge in [-0.15, -0.1) is 0 Å². The van der Waals surface area contributed by atoms with E-state index in [0.29, 0.717) is 12.3 Å². The van der Waals surface area contributed by atoms with Crippen LogP contribution in [0.2, 0.25) is 0 Å². The highest BCUT2D eigenvalue weighted by Crippen LogP contribution is 2.37. The van der Waals surface area contributed by atoms with E-state index in [1.807, 2.05) is 24.3 Å². The number of benzene rings is 1. The highest BCUT2D eigenvalue weighted by molar-refractivity contribution is 7.92. The molecule has 4 nitrogen and oxygen atoms in total. The van der Waals surface area contributed by atoms with Gasteiger partial charge in [-0.25, -0.2) is 8.42 Å². The van der Waals surface area contributed by atoms with Gasteiger partial charge in [0, 0.05) is 24.3 Å². The molecule has 2 aliphatic rings. The number of anilines is 1. The minimum Gasteiger partial charge on any atom is -0.497 e. The Morgan fingerprint density at radius 2 is 2.24 bits per heavy atom. The Balaban J connectivity index is 1.88. The predicted octanol–water partition coefficient (Wildman–Crippen LogP) is 1.07. The van der Waals surface area contributed by atoms with E-state index in [9.17, 15) is 8.42 Å². The molecule has 92 valence electrons. The number of hydrogen-bond donors (Lipinski definition) is 0. The smallest absolute Gasteiger partial charge is 0.156 e. The van der Waals surface area contributed by atoms with Gasteiger partial charge in [0.05, 0.1) is 18.1 Å². The van der Waals surface area contributed by atoms with Crippen molar-refractivity contribution in [2.45, 2.75) is 17.7 Å². The number of fused-ring (bicyclic) bond motifs is 2. The van der Waals surface area contributed by atoms with E-state index in [-0.39, 0.29) is 11.3 Å². The molecule has 0 amide bonds. The van der Waals surface area contributed by atoms with Crippen LogP contribution in [-0.4, -0.2) is 39.1 Å². The molecule has 1 aromatic carbocycles. The van der Waals surface area contributed by atoms with E-state index >= 15 is 0 Å². The molecule has 3 rings (SSSR count). The fourth-order valence-corrected chi connectivity index (χ4v) is 4.83. The van der Waals surface area contributed by atoms with E-state index in [1.54, 1.807) is 7.11 Å². The van der Waals surface area contributed by atoms with Crippen LogP contribution < -0.4 is 9.64 Å². The average Bonchev–Trinajstić information content (AvgIpc) is 2.84. The molecule has 5 heteroatoms. The van der Waals surface area contributed by atoms with Crippen LogP contribution in [0.1, 0.15) is 6.42 Å². The minimum absolute atomic E-state index is 0.150. The van der Waals surface area contributed by atoms with Gasteiger partial charge >= 0.3 is 0 Å². The molecular formula is C12H15NO3S. The standard InChI is InChI=1S/C12H15NO3S/c1-16-11-4-2-3-9(5-11)13-7-12-6-10(13)8-17(12,14)15/h2-5,10,12H,6-8H2,1H3. The van der Waals surface area contributed by atoms with Crippen molar-refractivity contribution in [3.63, 3.8) is 0 Å². The summed E-state index contributed by atoms with van der Waals surface area (Å²) in [7, 11) is -1.18. The van der Waals surface area contributed by atoms with Crippen LogP contribution in [0.3, 0.4) is 0 Å². The number of hydrogen-bond acceptors (Lipinski definition) is 4. The molecule has 0 spiro atoms. The van der Waals surface area contributed by atoms with Crippen LogP contribution in [-0.2, 0) is 9.84 Å². The maximum atomic E-state index is 11.7. The summed E-state index contributed by atoms with van der Waals surface area (Å²) in [6, 6.07) is 7.96. The van der Waals surface area contributed by atoms with Gasteiger partial charge in [-0.2, -0.15) is 0 Å². The quantitative estimate of drug-likeness (QED) is 0.791. The van der Waals surface area contributed by atoms with Gasteiger partial charge in [0.1, 0.15) is 5.75 Å². The van der Waals surface area contributed by atoms with Gasteiger partial charge in [-0.05, 0) is 18.6 Å². The predicted molar refractivity (Wildman–Crippen MR) is 66.3 cm³/mol. The fraction of sp³-hybridized carbons (Fsp3) is 0.500. The minimum atomic E-state index is -2.82. The van der Waals surface area contributed by atoms with E-state index < -0.39 is 9.84 Å². The second-order valence-electron chi connectivity index (χ2n) is 4.69. The lowest BCUT2D eigenvalue weighted by Gasteiger charge is -2.29. The van der Waals surface area contributed by atoms with E-state index in [2.05, 4.69) is 4.90 Å². The Bertz CT molecular complexity index is 540. The molecule has 0 aliphatic carbocycles. The molecule has 2 aliphatic heterocycles. The third-order valence-corrected chi connectivity index (χ3v) is 5.90. The van der Waals surface area contributed by atoms with Crippen LogP contribution >= 0.6 is 0 Å². The Labute approximate surface area is 101 Å². The fourth-order valence-electron chi connectivity index (χ4n) is 2.80. The number of ether oxygens (including phenoxy) is 1. The summed E-state index contributed by atoms with van der Waals surface area (Å²) >= 11 is 0. The highest BCUT2D eigenvalue weighted by atomic mass is 32.2. The monoisotopic (exact) mass is 253 g/mol. The summed E-state index contributed by atoms with van der Waals surface area (Å²) in [5, 5.41) is -0.168. The van der Waals surface area contributed by atoms with Crippen molar-refractivity contribution in [2.75, 3.05) is 24.3 Å². The SMILES string of the molecule is COc1cccc(N2CC3CC2CS3(=O)=O)c1. The maximum Gasteiger partial charge on any atom is 0.156 e. The molecule has 1 aromatic rings.